The van der Waals surface area contributed by atoms with E-state index < -0.39 is 5.91 Å². The number of nitrogens with one attached hydrogen (secondary N) is 1. The van der Waals surface area contributed by atoms with Gasteiger partial charge in [0.2, 0.25) is 5.91 Å². The highest BCUT2D eigenvalue weighted by Gasteiger charge is 2.09. The molecule has 17 heavy (non-hydrogen) atoms. The van der Waals surface area contributed by atoms with Crippen molar-refractivity contribution in [1.82, 2.24) is 0 Å². The topological polar surface area (TPSA) is 72.2 Å². The van der Waals surface area contributed by atoms with Crippen LogP contribution in [0.1, 0.15) is 29.6 Å². The van der Waals surface area contributed by atoms with Crippen molar-refractivity contribution in [2.45, 2.75) is 19.3 Å². The fourth-order valence-electron chi connectivity index (χ4n) is 1.40. The van der Waals surface area contributed by atoms with Crippen molar-refractivity contribution in [2.75, 3.05) is 11.2 Å². The summed E-state index contributed by atoms with van der Waals surface area (Å²) >= 11 is 5.52. The van der Waals surface area contributed by atoms with E-state index in [0.29, 0.717) is 23.6 Å². The van der Waals surface area contributed by atoms with E-state index in [1.807, 2.05) is 0 Å². The summed E-state index contributed by atoms with van der Waals surface area (Å²) in [7, 11) is 0. The second-order valence-corrected chi connectivity index (χ2v) is 3.98. The predicted octanol–water partition coefficient (Wildman–Crippen LogP) is 2.13. The van der Waals surface area contributed by atoms with Gasteiger partial charge in [-0.25, -0.2) is 0 Å². The van der Waals surface area contributed by atoms with Gasteiger partial charge in [-0.05, 0) is 25.0 Å². The monoisotopic (exact) mass is 254 g/mol. The van der Waals surface area contributed by atoms with Gasteiger partial charge in [0, 0.05) is 12.3 Å². The highest BCUT2D eigenvalue weighted by Crippen LogP contribution is 2.14. The lowest BCUT2D eigenvalue weighted by molar-refractivity contribution is -0.116. The number of amides is 2. The third-order valence-electron chi connectivity index (χ3n) is 2.25. The first kappa shape index (κ1) is 13.5. The number of carbonyl (C=O) groups is 2. The number of benzene rings is 1. The Balaban J connectivity index is 2.61. The van der Waals surface area contributed by atoms with Gasteiger partial charge < -0.3 is 11.1 Å². The van der Waals surface area contributed by atoms with Crippen LogP contribution in [-0.4, -0.2) is 17.7 Å². The maximum atomic E-state index is 11.6. The Hall–Kier alpha value is -1.55. The fraction of sp³-hybridized carbons (Fsp3) is 0.333. The standard InChI is InChI=1S/C12H15ClN2O2/c13-8-4-3-7-11(16)15-10-6-2-1-5-9(10)12(14)17/h1-2,5-6H,3-4,7-8H2,(H2,14,17)(H,15,16). The van der Waals surface area contributed by atoms with Crippen molar-refractivity contribution in [1.29, 1.82) is 0 Å². The number of hydrogen-bond donors (Lipinski definition) is 2. The number of nitrogens with two attached hydrogens (primary N) is 1. The number of primary amides is 1. The largest absolute Gasteiger partial charge is 0.366 e. The van der Waals surface area contributed by atoms with E-state index in [-0.39, 0.29) is 5.91 Å². The second-order valence-electron chi connectivity index (χ2n) is 3.60. The molecule has 0 bridgehead atoms. The Morgan fingerprint density at radius 1 is 1.24 bits per heavy atom. The van der Waals surface area contributed by atoms with Crippen LogP contribution in [-0.2, 0) is 4.79 Å². The number of halogens is 1. The lowest BCUT2D eigenvalue weighted by Gasteiger charge is -2.08. The van der Waals surface area contributed by atoms with Crippen LogP contribution in [0.3, 0.4) is 0 Å². The van der Waals surface area contributed by atoms with E-state index in [2.05, 4.69) is 5.32 Å². The van der Waals surface area contributed by atoms with Crippen LogP contribution < -0.4 is 11.1 Å². The zero-order valence-corrected chi connectivity index (χ0v) is 10.2. The van der Waals surface area contributed by atoms with Gasteiger partial charge in [0.15, 0.2) is 0 Å². The number of carbonyl (C=O) groups excluding carboxylic acids is 2. The van der Waals surface area contributed by atoms with Crippen molar-refractivity contribution in [3.05, 3.63) is 29.8 Å². The fourth-order valence-corrected chi connectivity index (χ4v) is 1.59. The quantitative estimate of drug-likeness (QED) is 0.603. The van der Waals surface area contributed by atoms with Gasteiger partial charge >= 0.3 is 0 Å². The van der Waals surface area contributed by atoms with Gasteiger partial charge in [0.05, 0.1) is 11.3 Å². The van der Waals surface area contributed by atoms with Crippen molar-refractivity contribution >= 4 is 29.1 Å². The summed E-state index contributed by atoms with van der Waals surface area (Å²) in [5.74, 6) is -0.143. The van der Waals surface area contributed by atoms with Gasteiger partial charge in [-0.15, -0.1) is 11.6 Å². The summed E-state index contributed by atoms with van der Waals surface area (Å²) in [6.45, 7) is 0. The van der Waals surface area contributed by atoms with Crippen molar-refractivity contribution < 1.29 is 9.59 Å². The summed E-state index contributed by atoms with van der Waals surface area (Å²) in [4.78, 5) is 22.7. The SMILES string of the molecule is NC(=O)c1ccccc1NC(=O)CCCCCl. The van der Waals surface area contributed by atoms with E-state index >= 15 is 0 Å². The molecule has 0 radical (unpaired) electrons. The zero-order chi connectivity index (χ0) is 12.7. The van der Waals surface area contributed by atoms with Crippen LogP contribution in [0.25, 0.3) is 0 Å². The zero-order valence-electron chi connectivity index (χ0n) is 9.41. The molecule has 0 saturated carbocycles. The molecule has 1 aromatic carbocycles. The Morgan fingerprint density at radius 2 is 1.94 bits per heavy atom. The first-order valence-corrected chi connectivity index (χ1v) is 5.93. The van der Waals surface area contributed by atoms with Gasteiger partial charge in [0.1, 0.15) is 0 Å². The third kappa shape index (κ3) is 4.44. The highest BCUT2D eigenvalue weighted by atomic mass is 35.5. The molecule has 3 N–H and O–H groups in total. The summed E-state index contributed by atoms with van der Waals surface area (Å²) in [5.41, 5.74) is 5.98. The molecule has 0 atom stereocenters. The Labute approximate surface area is 105 Å². The molecule has 0 aliphatic carbocycles. The number of alkyl halides is 1. The number of unbranched alkanes of at least 4 members (excludes halogenated alkanes) is 1. The molecular weight excluding hydrogens is 240 g/mol. The molecule has 0 unspecified atom stereocenters. The molecule has 1 aromatic rings. The molecule has 0 aliphatic rings. The van der Waals surface area contributed by atoms with Crippen LogP contribution >= 0.6 is 11.6 Å². The molecule has 0 spiro atoms. The van der Waals surface area contributed by atoms with Gasteiger partial charge in [-0.1, -0.05) is 12.1 Å². The van der Waals surface area contributed by atoms with Crippen LogP contribution in [0, 0.1) is 0 Å². The van der Waals surface area contributed by atoms with E-state index in [4.69, 9.17) is 17.3 Å². The maximum Gasteiger partial charge on any atom is 0.250 e. The van der Waals surface area contributed by atoms with E-state index in [1.165, 1.54) is 0 Å². The summed E-state index contributed by atoms with van der Waals surface area (Å²) < 4.78 is 0. The predicted molar refractivity (Wildman–Crippen MR) is 68.2 cm³/mol. The molecule has 0 fully saturated rings. The summed E-state index contributed by atoms with van der Waals surface area (Å²) in [6.07, 6.45) is 1.92. The highest BCUT2D eigenvalue weighted by molar-refractivity contribution is 6.17. The average molecular weight is 255 g/mol. The Bertz CT molecular complexity index is 407. The van der Waals surface area contributed by atoms with Crippen LogP contribution in [0.15, 0.2) is 24.3 Å². The first-order valence-electron chi connectivity index (χ1n) is 5.40. The number of anilines is 1. The van der Waals surface area contributed by atoms with E-state index in [1.54, 1.807) is 24.3 Å². The van der Waals surface area contributed by atoms with Gasteiger partial charge in [0.25, 0.3) is 5.91 Å². The Kier molecular flexibility index (Phi) is 5.49. The Morgan fingerprint density at radius 3 is 2.59 bits per heavy atom. The molecule has 0 heterocycles. The van der Waals surface area contributed by atoms with Crippen molar-refractivity contribution in [3.8, 4) is 0 Å². The molecule has 0 aliphatic heterocycles. The number of rotatable bonds is 6. The van der Waals surface area contributed by atoms with Crippen molar-refractivity contribution in [3.63, 3.8) is 0 Å². The van der Waals surface area contributed by atoms with E-state index in [0.717, 1.165) is 12.8 Å². The van der Waals surface area contributed by atoms with Gasteiger partial charge in [-0.2, -0.15) is 0 Å². The molecular formula is C12H15ClN2O2. The molecule has 5 heteroatoms. The molecule has 0 saturated heterocycles. The smallest absolute Gasteiger partial charge is 0.250 e. The minimum absolute atomic E-state index is 0.135. The lowest BCUT2D eigenvalue weighted by Crippen LogP contribution is -2.17. The second kappa shape index (κ2) is 6.91. The summed E-state index contributed by atoms with van der Waals surface area (Å²) in [5, 5.41) is 2.67. The maximum absolute atomic E-state index is 11.6. The van der Waals surface area contributed by atoms with Crippen LogP contribution in [0.2, 0.25) is 0 Å². The number of hydrogen-bond acceptors (Lipinski definition) is 2. The molecule has 0 aromatic heterocycles. The molecule has 1 rings (SSSR count). The number of para-hydroxylation sites is 1. The average Bonchev–Trinajstić information content (AvgIpc) is 2.29. The first-order chi connectivity index (χ1) is 8.15. The van der Waals surface area contributed by atoms with Gasteiger partial charge in [-0.3, -0.25) is 9.59 Å². The van der Waals surface area contributed by atoms with E-state index in [9.17, 15) is 9.59 Å². The third-order valence-corrected chi connectivity index (χ3v) is 2.52. The van der Waals surface area contributed by atoms with Crippen LogP contribution in [0.4, 0.5) is 5.69 Å². The summed E-state index contributed by atoms with van der Waals surface area (Å²) in [6, 6.07) is 6.67. The molecule has 2 amide bonds. The minimum atomic E-state index is -0.554. The molecule has 92 valence electrons. The minimum Gasteiger partial charge on any atom is -0.366 e. The lowest BCUT2D eigenvalue weighted by atomic mass is 10.1. The van der Waals surface area contributed by atoms with Crippen molar-refractivity contribution in [2.24, 2.45) is 5.73 Å². The normalized spacial score (nSPS) is 9.94. The van der Waals surface area contributed by atoms with Crippen LogP contribution in [0.5, 0.6) is 0 Å². The molecule has 4 nitrogen and oxygen atoms in total.